The Kier molecular flexibility index (Phi) is 5.89. The molecule has 26 heavy (non-hydrogen) atoms. The Hall–Kier alpha value is -2.40. The Morgan fingerprint density at radius 2 is 1.96 bits per heavy atom. The van der Waals surface area contributed by atoms with E-state index in [9.17, 15) is 4.79 Å². The van der Waals surface area contributed by atoms with Gasteiger partial charge in [-0.3, -0.25) is 14.7 Å². The lowest BCUT2D eigenvalue weighted by Crippen LogP contribution is -2.46. The molecule has 1 fully saturated rings. The Balaban J connectivity index is 1.52. The van der Waals surface area contributed by atoms with Gasteiger partial charge in [-0.2, -0.15) is 0 Å². The molecule has 1 N–H and O–H groups in total. The molecule has 2 aromatic rings. The van der Waals surface area contributed by atoms with E-state index in [-0.39, 0.29) is 11.3 Å². The van der Waals surface area contributed by atoms with Crippen LogP contribution < -0.4 is 10.1 Å². The molecule has 0 unspecified atom stereocenters. The summed E-state index contributed by atoms with van der Waals surface area (Å²) in [5.74, 6) is 0.867. The molecule has 0 radical (unpaired) electrons. The van der Waals surface area contributed by atoms with Gasteiger partial charge in [0.2, 0.25) is 5.91 Å². The summed E-state index contributed by atoms with van der Waals surface area (Å²) in [6.45, 7) is 5.34. The van der Waals surface area contributed by atoms with Crippen molar-refractivity contribution in [3.63, 3.8) is 0 Å². The standard InChI is InChI=1S/C21H27N3O2/c1-21(20(25)23-15-18-14-22-11-8-19(18)26-2)9-12-24(13-10-21)16-17-6-4-3-5-7-17/h3-8,11,14H,9-10,12-13,15-16H2,1-2H3,(H,23,25). The third-order valence-corrected chi connectivity index (χ3v) is 5.27. The van der Waals surface area contributed by atoms with Gasteiger partial charge in [0.1, 0.15) is 5.75 Å². The SMILES string of the molecule is COc1ccncc1CNC(=O)C1(C)CCN(Cc2ccccc2)CC1. The van der Waals surface area contributed by atoms with Crippen molar-refractivity contribution < 1.29 is 9.53 Å². The maximum Gasteiger partial charge on any atom is 0.226 e. The molecule has 3 rings (SSSR count). The summed E-state index contributed by atoms with van der Waals surface area (Å²) in [5, 5.41) is 3.07. The Morgan fingerprint density at radius 3 is 2.65 bits per heavy atom. The number of methoxy groups -OCH3 is 1. The lowest BCUT2D eigenvalue weighted by atomic mass is 9.79. The molecule has 0 spiro atoms. The van der Waals surface area contributed by atoms with Crippen LogP contribution in [0.2, 0.25) is 0 Å². The highest BCUT2D eigenvalue weighted by Crippen LogP contribution is 2.32. The number of hydrogen-bond acceptors (Lipinski definition) is 4. The molecular formula is C21H27N3O2. The first kappa shape index (κ1) is 18.4. The van der Waals surface area contributed by atoms with E-state index in [4.69, 9.17) is 4.74 Å². The summed E-state index contributed by atoms with van der Waals surface area (Å²) in [7, 11) is 1.63. The van der Waals surface area contributed by atoms with Crippen molar-refractivity contribution in [1.82, 2.24) is 15.2 Å². The van der Waals surface area contributed by atoms with E-state index >= 15 is 0 Å². The summed E-state index contributed by atoms with van der Waals surface area (Å²) in [6, 6.07) is 12.3. The van der Waals surface area contributed by atoms with Gasteiger partial charge in [-0.1, -0.05) is 37.3 Å². The number of nitrogens with zero attached hydrogens (tertiary/aromatic N) is 2. The minimum absolute atomic E-state index is 0.114. The molecule has 1 aliphatic heterocycles. The summed E-state index contributed by atoms with van der Waals surface area (Å²) in [4.78, 5) is 19.3. The molecule has 0 saturated carbocycles. The van der Waals surface area contributed by atoms with Gasteiger partial charge in [0.05, 0.1) is 7.11 Å². The smallest absolute Gasteiger partial charge is 0.226 e. The summed E-state index contributed by atoms with van der Waals surface area (Å²) in [6.07, 6.45) is 5.17. The molecule has 1 aromatic carbocycles. The highest BCUT2D eigenvalue weighted by Gasteiger charge is 2.36. The summed E-state index contributed by atoms with van der Waals surface area (Å²) >= 11 is 0. The lowest BCUT2D eigenvalue weighted by molar-refractivity contribution is -0.133. The van der Waals surface area contributed by atoms with E-state index < -0.39 is 0 Å². The quantitative estimate of drug-likeness (QED) is 0.867. The third-order valence-electron chi connectivity index (χ3n) is 5.27. The van der Waals surface area contributed by atoms with E-state index in [0.717, 1.165) is 43.8 Å². The molecule has 138 valence electrons. The fourth-order valence-corrected chi connectivity index (χ4v) is 3.41. The van der Waals surface area contributed by atoms with Crippen LogP contribution in [-0.2, 0) is 17.9 Å². The van der Waals surface area contributed by atoms with Crippen LogP contribution in [0, 0.1) is 5.41 Å². The number of ether oxygens (including phenoxy) is 1. The van der Waals surface area contributed by atoms with Gasteiger partial charge >= 0.3 is 0 Å². The van der Waals surface area contributed by atoms with Crippen LogP contribution >= 0.6 is 0 Å². The zero-order valence-electron chi connectivity index (χ0n) is 15.6. The fourth-order valence-electron chi connectivity index (χ4n) is 3.41. The maximum absolute atomic E-state index is 12.8. The predicted octanol–water partition coefficient (Wildman–Crippen LogP) is 3.01. The Morgan fingerprint density at radius 1 is 1.23 bits per heavy atom. The molecule has 5 nitrogen and oxygen atoms in total. The van der Waals surface area contributed by atoms with Crippen LogP contribution in [0.3, 0.4) is 0 Å². The number of pyridine rings is 1. The second-order valence-corrected chi connectivity index (χ2v) is 7.19. The number of rotatable bonds is 6. The van der Waals surface area contributed by atoms with Crippen molar-refractivity contribution in [2.24, 2.45) is 5.41 Å². The highest BCUT2D eigenvalue weighted by molar-refractivity contribution is 5.82. The molecule has 5 heteroatoms. The van der Waals surface area contributed by atoms with Crippen LogP contribution in [0.25, 0.3) is 0 Å². The number of carbonyl (C=O) groups excluding carboxylic acids is 1. The first-order valence-corrected chi connectivity index (χ1v) is 9.12. The number of aromatic nitrogens is 1. The highest BCUT2D eigenvalue weighted by atomic mass is 16.5. The monoisotopic (exact) mass is 353 g/mol. The molecule has 1 aromatic heterocycles. The Labute approximate surface area is 155 Å². The van der Waals surface area contributed by atoms with Crippen molar-refractivity contribution in [3.8, 4) is 5.75 Å². The second kappa shape index (κ2) is 8.32. The number of carbonyl (C=O) groups is 1. The van der Waals surface area contributed by atoms with Gasteiger partial charge in [-0.15, -0.1) is 0 Å². The van der Waals surface area contributed by atoms with Crippen LogP contribution in [-0.4, -0.2) is 36.0 Å². The maximum atomic E-state index is 12.8. The molecule has 1 amide bonds. The fraction of sp³-hybridized carbons (Fsp3) is 0.429. The number of piperidine rings is 1. The van der Waals surface area contributed by atoms with Crippen molar-refractivity contribution in [3.05, 3.63) is 59.9 Å². The molecular weight excluding hydrogens is 326 g/mol. The van der Waals surface area contributed by atoms with Gasteiger partial charge in [-0.25, -0.2) is 0 Å². The minimum Gasteiger partial charge on any atom is -0.496 e. The summed E-state index contributed by atoms with van der Waals surface area (Å²) in [5.41, 5.74) is 1.90. The normalized spacial score (nSPS) is 16.8. The molecule has 0 aliphatic carbocycles. The van der Waals surface area contributed by atoms with Crippen LogP contribution in [0.5, 0.6) is 5.75 Å². The van der Waals surface area contributed by atoms with E-state index in [1.807, 2.05) is 12.1 Å². The van der Waals surface area contributed by atoms with Gasteiger partial charge in [0.15, 0.2) is 0 Å². The van der Waals surface area contributed by atoms with Crippen LogP contribution in [0.15, 0.2) is 48.8 Å². The molecule has 2 heterocycles. The first-order chi connectivity index (χ1) is 12.6. The molecule has 0 atom stereocenters. The largest absolute Gasteiger partial charge is 0.496 e. The number of likely N-dealkylation sites (tertiary alicyclic amines) is 1. The van der Waals surface area contributed by atoms with E-state index in [1.165, 1.54) is 5.56 Å². The molecule has 1 aliphatic rings. The zero-order valence-corrected chi connectivity index (χ0v) is 15.6. The first-order valence-electron chi connectivity index (χ1n) is 9.12. The van der Waals surface area contributed by atoms with E-state index in [1.54, 1.807) is 19.5 Å². The average Bonchev–Trinajstić information content (AvgIpc) is 2.69. The average molecular weight is 353 g/mol. The number of amides is 1. The molecule has 1 saturated heterocycles. The van der Waals surface area contributed by atoms with Gasteiger partial charge in [0, 0.05) is 36.5 Å². The zero-order chi connectivity index (χ0) is 18.4. The van der Waals surface area contributed by atoms with Gasteiger partial charge < -0.3 is 10.1 Å². The van der Waals surface area contributed by atoms with E-state index in [0.29, 0.717) is 6.54 Å². The summed E-state index contributed by atoms with van der Waals surface area (Å²) < 4.78 is 5.32. The van der Waals surface area contributed by atoms with Gasteiger partial charge in [0.25, 0.3) is 0 Å². The lowest BCUT2D eigenvalue weighted by Gasteiger charge is -2.38. The van der Waals surface area contributed by atoms with E-state index in [2.05, 4.69) is 46.4 Å². The number of hydrogen-bond donors (Lipinski definition) is 1. The number of benzene rings is 1. The molecule has 0 bridgehead atoms. The minimum atomic E-state index is -0.317. The number of nitrogens with one attached hydrogen (secondary N) is 1. The van der Waals surface area contributed by atoms with Crippen molar-refractivity contribution >= 4 is 5.91 Å². The Bertz CT molecular complexity index is 725. The second-order valence-electron chi connectivity index (χ2n) is 7.19. The van der Waals surface area contributed by atoms with Gasteiger partial charge in [-0.05, 0) is 37.6 Å². The third kappa shape index (κ3) is 4.41. The van der Waals surface area contributed by atoms with Crippen molar-refractivity contribution in [1.29, 1.82) is 0 Å². The predicted molar refractivity (Wildman–Crippen MR) is 102 cm³/mol. The van der Waals surface area contributed by atoms with Crippen LogP contribution in [0.4, 0.5) is 0 Å². The van der Waals surface area contributed by atoms with Crippen molar-refractivity contribution in [2.45, 2.75) is 32.9 Å². The van der Waals surface area contributed by atoms with Crippen LogP contribution in [0.1, 0.15) is 30.9 Å². The van der Waals surface area contributed by atoms with Crippen molar-refractivity contribution in [2.75, 3.05) is 20.2 Å². The topological polar surface area (TPSA) is 54.5 Å².